The van der Waals surface area contributed by atoms with Crippen LogP contribution in [-0.2, 0) is 4.74 Å². The number of hydrogen-bond donors (Lipinski definition) is 1. The van der Waals surface area contributed by atoms with Gasteiger partial charge in [0, 0.05) is 11.9 Å². The molecule has 0 radical (unpaired) electrons. The predicted molar refractivity (Wildman–Crippen MR) is 70.9 cm³/mol. The van der Waals surface area contributed by atoms with Crippen LogP contribution in [0.25, 0.3) is 5.69 Å². The summed E-state index contributed by atoms with van der Waals surface area (Å²) in [6.07, 6.45) is 1.42. The summed E-state index contributed by atoms with van der Waals surface area (Å²) in [5, 5.41) is 9.00. The SMILES string of the molecule is COC(=O)c1c(N)c(C#N)cn1-c1ccc(F)c(C)c1. The zero-order chi connectivity index (χ0) is 14.9. The number of aryl methyl sites for hydroxylation is 1. The number of aromatic nitrogens is 1. The summed E-state index contributed by atoms with van der Waals surface area (Å²) < 4.78 is 19.4. The van der Waals surface area contributed by atoms with Gasteiger partial charge in [0.05, 0.1) is 18.4 Å². The molecule has 0 amide bonds. The number of benzene rings is 1. The molecule has 0 spiro atoms. The highest BCUT2D eigenvalue weighted by molar-refractivity contribution is 5.95. The quantitative estimate of drug-likeness (QED) is 0.850. The third-order valence-corrected chi connectivity index (χ3v) is 2.96. The molecule has 102 valence electrons. The lowest BCUT2D eigenvalue weighted by molar-refractivity contribution is 0.0593. The lowest BCUT2D eigenvalue weighted by Crippen LogP contribution is -2.11. The fraction of sp³-hybridized carbons (Fsp3) is 0.143. The number of nitrogens with two attached hydrogens (primary N) is 1. The topological polar surface area (TPSA) is 81.0 Å². The molecule has 0 atom stereocenters. The van der Waals surface area contributed by atoms with E-state index in [0.29, 0.717) is 11.3 Å². The summed E-state index contributed by atoms with van der Waals surface area (Å²) in [5.74, 6) is -1.01. The van der Waals surface area contributed by atoms with E-state index in [2.05, 4.69) is 4.74 Å². The zero-order valence-corrected chi connectivity index (χ0v) is 11.0. The third kappa shape index (κ3) is 2.10. The number of nitrogens with zero attached hydrogens (tertiary/aromatic N) is 2. The fourth-order valence-corrected chi connectivity index (χ4v) is 1.90. The van der Waals surface area contributed by atoms with Crippen LogP contribution in [0.4, 0.5) is 10.1 Å². The second-order valence-electron chi connectivity index (χ2n) is 4.21. The van der Waals surface area contributed by atoms with Gasteiger partial charge in [-0.15, -0.1) is 0 Å². The van der Waals surface area contributed by atoms with Gasteiger partial charge in [-0.3, -0.25) is 0 Å². The minimum atomic E-state index is -0.661. The number of hydrogen-bond acceptors (Lipinski definition) is 4. The highest BCUT2D eigenvalue weighted by atomic mass is 19.1. The number of carbonyl (C=O) groups is 1. The van der Waals surface area contributed by atoms with E-state index in [1.54, 1.807) is 13.0 Å². The van der Waals surface area contributed by atoms with Gasteiger partial charge in [0.2, 0.25) is 0 Å². The monoisotopic (exact) mass is 273 g/mol. The van der Waals surface area contributed by atoms with E-state index in [9.17, 15) is 9.18 Å². The number of ether oxygens (including phenoxy) is 1. The van der Waals surface area contributed by atoms with Crippen LogP contribution in [0.5, 0.6) is 0 Å². The first-order chi connectivity index (χ1) is 9.49. The Bertz CT molecular complexity index is 729. The van der Waals surface area contributed by atoms with Crippen molar-refractivity contribution in [2.24, 2.45) is 0 Å². The van der Waals surface area contributed by atoms with Gasteiger partial charge in [-0.2, -0.15) is 5.26 Å². The summed E-state index contributed by atoms with van der Waals surface area (Å²) in [4.78, 5) is 11.8. The predicted octanol–water partition coefficient (Wildman–Crippen LogP) is 2.17. The van der Waals surface area contributed by atoms with E-state index < -0.39 is 5.97 Å². The van der Waals surface area contributed by atoms with Gasteiger partial charge in [0.15, 0.2) is 5.69 Å². The van der Waals surface area contributed by atoms with Crippen molar-refractivity contribution in [3.63, 3.8) is 0 Å². The first-order valence-corrected chi connectivity index (χ1v) is 5.75. The molecule has 0 aliphatic rings. The van der Waals surface area contributed by atoms with Gasteiger partial charge in [-0.1, -0.05) is 0 Å². The maximum absolute atomic E-state index is 13.3. The number of anilines is 1. The Morgan fingerprint density at radius 2 is 2.20 bits per heavy atom. The van der Waals surface area contributed by atoms with Crippen molar-refractivity contribution in [1.29, 1.82) is 5.26 Å². The highest BCUT2D eigenvalue weighted by Gasteiger charge is 2.21. The minimum absolute atomic E-state index is 0.0429. The average molecular weight is 273 g/mol. The van der Waals surface area contributed by atoms with Crippen molar-refractivity contribution in [2.75, 3.05) is 12.8 Å². The molecular weight excluding hydrogens is 261 g/mol. The molecule has 0 aliphatic carbocycles. The summed E-state index contributed by atoms with van der Waals surface area (Å²) in [6.45, 7) is 1.61. The van der Waals surface area contributed by atoms with Crippen molar-refractivity contribution in [2.45, 2.75) is 6.92 Å². The molecule has 5 nitrogen and oxygen atoms in total. The Labute approximate surface area is 115 Å². The molecule has 1 aromatic heterocycles. The fourth-order valence-electron chi connectivity index (χ4n) is 1.90. The molecule has 6 heteroatoms. The first-order valence-electron chi connectivity index (χ1n) is 5.75. The molecule has 1 heterocycles. The second-order valence-corrected chi connectivity index (χ2v) is 4.21. The van der Waals surface area contributed by atoms with Crippen molar-refractivity contribution in [1.82, 2.24) is 4.57 Å². The molecular formula is C14H12FN3O2. The standard InChI is InChI=1S/C14H12FN3O2/c1-8-5-10(3-4-11(8)15)18-7-9(6-16)12(17)13(18)14(19)20-2/h3-5,7H,17H2,1-2H3. The molecule has 0 bridgehead atoms. The van der Waals surface area contributed by atoms with Gasteiger partial charge < -0.3 is 15.0 Å². The van der Waals surface area contributed by atoms with E-state index in [1.807, 2.05) is 6.07 Å². The van der Waals surface area contributed by atoms with Crippen LogP contribution in [0.2, 0.25) is 0 Å². The Morgan fingerprint density at radius 3 is 2.75 bits per heavy atom. The summed E-state index contributed by atoms with van der Waals surface area (Å²) >= 11 is 0. The molecule has 20 heavy (non-hydrogen) atoms. The van der Waals surface area contributed by atoms with Crippen LogP contribution < -0.4 is 5.73 Å². The van der Waals surface area contributed by atoms with Crippen LogP contribution in [0.3, 0.4) is 0 Å². The van der Waals surface area contributed by atoms with E-state index in [0.717, 1.165) is 0 Å². The molecule has 2 N–H and O–H groups in total. The van der Waals surface area contributed by atoms with Crippen LogP contribution in [-0.4, -0.2) is 17.6 Å². The number of carbonyl (C=O) groups excluding carboxylic acids is 1. The second kappa shape index (κ2) is 5.05. The smallest absolute Gasteiger partial charge is 0.357 e. The molecule has 0 aliphatic heterocycles. The maximum Gasteiger partial charge on any atom is 0.357 e. The van der Waals surface area contributed by atoms with Crippen LogP contribution in [0, 0.1) is 24.1 Å². The van der Waals surface area contributed by atoms with Crippen molar-refractivity contribution in [3.8, 4) is 11.8 Å². The normalized spacial score (nSPS) is 10.1. The lowest BCUT2D eigenvalue weighted by atomic mass is 10.2. The number of rotatable bonds is 2. The Morgan fingerprint density at radius 1 is 1.50 bits per heavy atom. The molecule has 2 aromatic rings. The van der Waals surface area contributed by atoms with E-state index in [1.165, 1.54) is 30.0 Å². The Balaban J connectivity index is 2.70. The summed E-state index contributed by atoms with van der Waals surface area (Å²) in [6, 6.07) is 6.24. The van der Waals surface area contributed by atoms with E-state index in [-0.39, 0.29) is 22.8 Å². The number of esters is 1. The van der Waals surface area contributed by atoms with Gasteiger partial charge in [0.1, 0.15) is 11.9 Å². The highest BCUT2D eigenvalue weighted by Crippen LogP contribution is 2.25. The Hall–Kier alpha value is -2.81. The Kier molecular flexibility index (Phi) is 3.44. The van der Waals surface area contributed by atoms with Crippen LogP contribution in [0.15, 0.2) is 24.4 Å². The largest absolute Gasteiger partial charge is 0.464 e. The average Bonchev–Trinajstić information content (AvgIpc) is 2.78. The van der Waals surface area contributed by atoms with Gasteiger partial charge in [0.25, 0.3) is 0 Å². The molecule has 0 unspecified atom stereocenters. The zero-order valence-electron chi connectivity index (χ0n) is 11.0. The van der Waals surface area contributed by atoms with Gasteiger partial charge in [-0.25, -0.2) is 9.18 Å². The summed E-state index contributed by atoms with van der Waals surface area (Å²) in [5.41, 5.74) is 6.98. The van der Waals surface area contributed by atoms with Gasteiger partial charge >= 0.3 is 5.97 Å². The summed E-state index contributed by atoms with van der Waals surface area (Å²) in [7, 11) is 1.22. The number of nitriles is 1. The minimum Gasteiger partial charge on any atom is -0.464 e. The third-order valence-electron chi connectivity index (χ3n) is 2.96. The number of methoxy groups -OCH3 is 1. The van der Waals surface area contributed by atoms with Crippen LogP contribution >= 0.6 is 0 Å². The van der Waals surface area contributed by atoms with Crippen molar-refractivity contribution < 1.29 is 13.9 Å². The molecule has 0 fully saturated rings. The van der Waals surface area contributed by atoms with E-state index in [4.69, 9.17) is 11.0 Å². The number of nitrogen functional groups attached to an aromatic ring is 1. The molecule has 1 aromatic carbocycles. The molecule has 2 rings (SSSR count). The van der Waals surface area contributed by atoms with Crippen molar-refractivity contribution in [3.05, 3.63) is 47.0 Å². The maximum atomic E-state index is 13.3. The molecule has 0 saturated carbocycles. The number of halogens is 1. The first kappa shape index (κ1) is 13.6. The van der Waals surface area contributed by atoms with Crippen molar-refractivity contribution >= 4 is 11.7 Å². The lowest BCUT2D eigenvalue weighted by Gasteiger charge is -2.09. The van der Waals surface area contributed by atoms with E-state index >= 15 is 0 Å². The molecule has 0 saturated heterocycles. The van der Waals surface area contributed by atoms with Gasteiger partial charge in [-0.05, 0) is 30.7 Å². The van der Waals surface area contributed by atoms with Crippen LogP contribution in [0.1, 0.15) is 21.6 Å².